The average Bonchev–Trinajstić information content (AvgIpc) is 2.43. The van der Waals surface area contributed by atoms with E-state index in [0.29, 0.717) is 5.56 Å². The molecule has 0 fully saturated rings. The van der Waals surface area contributed by atoms with Crippen LogP contribution in [-0.2, 0) is 0 Å². The first-order chi connectivity index (χ1) is 9.40. The number of rotatable bonds is 2. The molecule has 0 saturated heterocycles. The van der Waals surface area contributed by atoms with Crippen molar-refractivity contribution in [3.8, 4) is 0 Å². The summed E-state index contributed by atoms with van der Waals surface area (Å²) in [5.74, 6) is -0.0739. The molecule has 20 heavy (non-hydrogen) atoms. The van der Waals surface area contributed by atoms with Gasteiger partial charge < -0.3 is 5.32 Å². The highest BCUT2D eigenvalue weighted by Crippen LogP contribution is 2.26. The highest BCUT2D eigenvalue weighted by molar-refractivity contribution is 9.10. The fourth-order valence-corrected chi connectivity index (χ4v) is 2.60. The molecule has 1 amide bonds. The number of carbonyl (C=O) groups excluding carboxylic acids is 1. The van der Waals surface area contributed by atoms with Crippen molar-refractivity contribution in [1.82, 2.24) is 0 Å². The van der Waals surface area contributed by atoms with Crippen molar-refractivity contribution < 1.29 is 4.79 Å². The molecule has 0 bridgehead atoms. The van der Waals surface area contributed by atoms with Crippen LogP contribution in [0, 0.1) is 27.7 Å². The number of nitrogens with one attached hydrogen (secondary N) is 1. The SMILES string of the molecule is Cc1ccc(NC(=O)c2cc(Br)c(C)c(C)c2C)cc1. The molecule has 2 aromatic rings. The summed E-state index contributed by atoms with van der Waals surface area (Å²) in [6.45, 7) is 8.10. The van der Waals surface area contributed by atoms with Gasteiger partial charge >= 0.3 is 0 Å². The van der Waals surface area contributed by atoms with Crippen LogP contribution in [0.5, 0.6) is 0 Å². The number of carbonyl (C=O) groups is 1. The third-order valence-electron chi connectivity index (χ3n) is 3.71. The third-order valence-corrected chi connectivity index (χ3v) is 4.54. The summed E-state index contributed by atoms with van der Waals surface area (Å²) in [7, 11) is 0. The molecule has 3 heteroatoms. The summed E-state index contributed by atoms with van der Waals surface area (Å²) in [6.07, 6.45) is 0. The van der Waals surface area contributed by atoms with E-state index < -0.39 is 0 Å². The Morgan fingerprint density at radius 3 is 2.15 bits per heavy atom. The number of aryl methyl sites for hydroxylation is 1. The van der Waals surface area contributed by atoms with Gasteiger partial charge in [0.1, 0.15) is 0 Å². The topological polar surface area (TPSA) is 29.1 Å². The fourth-order valence-electron chi connectivity index (χ4n) is 2.08. The Morgan fingerprint density at radius 2 is 1.55 bits per heavy atom. The van der Waals surface area contributed by atoms with Crippen molar-refractivity contribution in [2.45, 2.75) is 27.7 Å². The van der Waals surface area contributed by atoms with Gasteiger partial charge in [0.05, 0.1) is 0 Å². The molecule has 0 saturated carbocycles. The molecule has 2 aromatic carbocycles. The molecule has 0 radical (unpaired) electrons. The van der Waals surface area contributed by atoms with Crippen molar-refractivity contribution in [1.29, 1.82) is 0 Å². The van der Waals surface area contributed by atoms with E-state index in [1.54, 1.807) is 0 Å². The smallest absolute Gasteiger partial charge is 0.255 e. The van der Waals surface area contributed by atoms with Gasteiger partial charge in [-0.25, -0.2) is 0 Å². The third kappa shape index (κ3) is 2.93. The first-order valence-electron chi connectivity index (χ1n) is 6.54. The van der Waals surface area contributed by atoms with Gasteiger partial charge in [-0.2, -0.15) is 0 Å². The quantitative estimate of drug-likeness (QED) is 0.830. The fraction of sp³-hybridized carbons (Fsp3) is 0.235. The van der Waals surface area contributed by atoms with Crippen LogP contribution in [0.2, 0.25) is 0 Å². The van der Waals surface area contributed by atoms with Crippen LogP contribution < -0.4 is 5.32 Å². The van der Waals surface area contributed by atoms with Crippen LogP contribution in [0.15, 0.2) is 34.8 Å². The minimum Gasteiger partial charge on any atom is -0.322 e. The molecule has 0 aliphatic heterocycles. The van der Waals surface area contributed by atoms with E-state index >= 15 is 0 Å². The van der Waals surface area contributed by atoms with Crippen molar-refractivity contribution >= 4 is 27.5 Å². The van der Waals surface area contributed by atoms with Crippen LogP contribution in [0.25, 0.3) is 0 Å². The van der Waals surface area contributed by atoms with Crippen LogP contribution in [-0.4, -0.2) is 5.91 Å². The van der Waals surface area contributed by atoms with Crippen LogP contribution in [0.3, 0.4) is 0 Å². The van der Waals surface area contributed by atoms with E-state index in [1.807, 2.05) is 58.0 Å². The lowest BCUT2D eigenvalue weighted by atomic mass is 9.98. The maximum atomic E-state index is 12.4. The first-order valence-corrected chi connectivity index (χ1v) is 7.33. The largest absolute Gasteiger partial charge is 0.322 e. The lowest BCUT2D eigenvalue weighted by molar-refractivity contribution is 0.102. The van der Waals surface area contributed by atoms with Gasteiger partial charge in [0.2, 0.25) is 0 Å². The molecule has 1 N–H and O–H groups in total. The van der Waals surface area contributed by atoms with Gasteiger partial charge in [-0.1, -0.05) is 33.6 Å². The van der Waals surface area contributed by atoms with Crippen molar-refractivity contribution in [2.75, 3.05) is 5.32 Å². The van der Waals surface area contributed by atoms with Gasteiger partial charge in [-0.05, 0) is 62.6 Å². The predicted molar refractivity (Wildman–Crippen MR) is 87.5 cm³/mol. The Hall–Kier alpha value is -1.61. The summed E-state index contributed by atoms with van der Waals surface area (Å²) in [5, 5.41) is 2.94. The molecule has 0 aromatic heterocycles. The van der Waals surface area contributed by atoms with E-state index in [1.165, 1.54) is 11.1 Å². The van der Waals surface area contributed by atoms with Gasteiger partial charge in [-0.3, -0.25) is 4.79 Å². The van der Waals surface area contributed by atoms with Gasteiger partial charge in [0, 0.05) is 15.7 Å². The number of anilines is 1. The number of hydrogen-bond donors (Lipinski definition) is 1. The van der Waals surface area contributed by atoms with E-state index in [0.717, 1.165) is 21.3 Å². The molecule has 2 nitrogen and oxygen atoms in total. The molecule has 0 heterocycles. The Kier molecular flexibility index (Phi) is 4.29. The number of halogens is 1. The molecule has 0 aliphatic carbocycles. The first kappa shape index (κ1) is 14.8. The molecule has 0 aliphatic rings. The van der Waals surface area contributed by atoms with Crippen molar-refractivity contribution in [2.24, 2.45) is 0 Å². The minimum absolute atomic E-state index is 0.0739. The monoisotopic (exact) mass is 331 g/mol. The Balaban J connectivity index is 2.32. The van der Waals surface area contributed by atoms with E-state index in [2.05, 4.69) is 21.2 Å². The van der Waals surface area contributed by atoms with Gasteiger partial charge in [0.25, 0.3) is 5.91 Å². The van der Waals surface area contributed by atoms with E-state index in [-0.39, 0.29) is 5.91 Å². The number of benzene rings is 2. The van der Waals surface area contributed by atoms with Gasteiger partial charge in [0.15, 0.2) is 0 Å². The standard InChI is InChI=1S/C17H18BrNO/c1-10-5-7-14(8-6-10)19-17(20)15-9-16(18)13(4)11(2)12(15)3/h5-9H,1-4H3,(H,19,20). The average molecular weight is 332 g/mol. The summed E-state index contributed by atoms with van der Waals surface area (Å²) >= 11 is 3.51. The lowest BCUT2D eigenvalue weighted by Crippen LogP contribution is -2.14. The molecule has 0 unspecified atom stereocenters. The van der Waals surface area contributed by atoms with Crippen LogP contribution in [0.1, 0.15) is 32.6 Å². The normalized spacial score (nSPS) is 10.4. The van der Waals surface area contributed by atoms with E-state index in [4.69, 9.17) is 0 Å². The highest BCUT2D eigenvalue weighted by atomic mass is 79.9. The number of amides is 1. The van der Waals surface area contributed by atoms with Crippen LogP contribution >= 0.6 is 15.9 Å². The zero-order valence-electron chi connectivity index (χ0n) is 12.2. The Labute approximate surface area is 128 Å². The van der Waals surface area contributed by atoms with Crippen molar-refractivity contribution in [3.05, 3.63) is 62.6 Å². The zero-order valence-corrected chi connectivity index (χ0v) is 13.8. The van der Waals surface area contributed by atoms with Crippen molar-refractivity contribution in [3.63, 3.8) is 0 Å². The van der Waals surface area contributed by atoms with Crippen LogP contribution in [0.4, 0.5) is 5.69 Å². The second-order valence-corrected chi connectivity index (χ2v) is 5.96. The number of hydrogen-bond acceptors (Lipinski definition) is 1. The highest BCUT2D eigenvalue weighted by Gasteiger charge is 2.14. The maximum absolute atomic E-state index is 12.4. The second-order valence-electron chi connectivity index (χ2n) is 5.10. The molecule has 0 atom stereocenters. The molecule has 104 valence electrons. The maximum Gasteiger partial charge on any atom is 0.255 e. The zero-order chi connectivity index (χ0) is 14.9. The van der Waals surface area contributed by atoms with Gasteiger partial charge in [-0.15, -0.1) is 0 Å². The second kappa shape index (κ2) is 5.80. The minimum atomic E-state index is -0.0739. The molecule has 0 spiro atoms. The molecular formula is C17H18BrNO. The Bertz CT molecular complexity index is 660. The van der Waals surface area contributed by atoms with E-state index in [9.17, 15) is 4.79 Å². The Morgan fingerprint density at radius 1 is 0.950 bits per heavy atom. The molecular weight excluding hydrogens is 314 g/mol. The summed E-state index contributed by atoms with van der Waals surface area (Å²) in [4.78, 5) is 12.4. The molecule has 2 rings (SSSR count). The summed E-state index contributed by atoms with van der Waals surface area (Å²) in [5.41, 5.74) is 6.04. The summed E-state index contributed by atoms with van der Waals surface area (Å²) in [6, 6.07) is 9.69. The lowest BCUT2D eigenvalue weighted by Gasteiger charge is -2.13. The summed E-state index contributed by atoms with van der Waals surface area (Å²) < 4.78 is 0.967. The predicted octanol–water partition coefficient (Wildman–Crippen LogP) is 4.94.